The summed E-state index contributed by atoms with van der Waals surface area (Å²) in [6, 6.07) is 2.99. The van der Waals surface area contributed by atoms with E-state index in [1.54, 1.807) is 13.0 Å². The van der Waals surface area contributed by atoms with E-state index in [1.807, 2.05) is 0 Å². The van der Waals surface area contributed by atoms with Gasteiger partial charge in [0, 0.05) is 10.0 Å². The predicted molar refractivity (Wildman–Crippen MR) is 61.9 cm³/mol. The highest BCUT2D eigenvalue weighted by Gasteiger charge is 2.19. The fourth-order valence-electron chi connectivity index (χ4n) is 1.29. The van der Waals surface area contributed by atoms with Crippen LogP contribution in [0.5, 0.6) is 0 Å². The molecule has 4 nitrogen and oxygen atoms in total. The molecule has 0 fully saturated rings. The highest BCUT2D eigenvalue weighted by Crippen LogP contribution is 2.27. The molecule has 0 aliphatic rings. The van der Waals surface area contributed by atoms with Crippen LogP contribution in [-0.4, -0.2) is 17.6 Å². The maximum absolute atomic E-state index is 12.6. The van der Waals surface area contributed by atoms with Crippen LogP contribution in [0.3, 0.4) is 0 Å². The van der Waals surface area contributed by atoms with Crippen LogP contribution in [0, 0.1) is 11.3 Å². The molecule has 0 aliphatic carbocycles. The van der Waals surface area contributed by atoms with Gasteiger partial charge in [0.2, 0.25) is 0 Å². The number of halogens is 3. The zero-order valence-electron chi connectivity index (χ0n) is 9.41. The predicted octanol–water partition coefficient (Wildman–Crippen LogP) is 2.76. The van der Waals surface area contributed by atoms with Gasteiger partial charge >= 0.3 is 5.97 Å². The van der Waals surface area contributed by atoms with Crippen molar-refractivity contribution in [3.05, 3.63) is 27.5 Å². The lowest BCUT2D eigenvalue weighted by Gasteiger charge is -2.08. The molecule has 0 spiro atoms. The van der Waals surface area contributed by atoms with Gasteiger partial charge in [-0.15, -0.1) is 0 Å². The average Bonchev–Trinajstić information content (AvgIpc) is 2.29. The topological polar surface area (TPSA) is 63.0 Å². The van der Waals surface area contributed by atoms with Crippen molar-refractivity contribution in [3.63, 3.8) is 0 Å². The molecule has 1 aromatic heterocycles. The highest BCUT2D eigenvalue weighted by atomic mass is 79.9. The van der Waals surface area contributed by atoms with Crippen molar-refractivity contribution in [1.29, 1.82) is 5.26 Å². The van der Waals surface area contributed by atoms with E-state index in [1.165, 1.54) is 6.07 Å². The molecule has 0 N–H and O–H groups in total. The van der Waals surface area contributed by atoms with Gasteiger partial charge < -0.3 is 4.74 Å². The van der Waals surface area contributed by atoms with Crippen LogP contribution >= 0.6 is 15.9 Å². The first-order valence-corrected chi connectivity index (χ1v) is 5.82. The van der Waals surface area contributed by atoms with E-state index in [4.69, 9.17) is 10.00 Å². The smallest absolute Gasteiger partial charge is 0.310 e. The van der Waals surface area contributed by atoms with E-state index in [-0.39, 0.29) is 28.8 Å². The zero-order valence-corrected chi connectivity index (χ0v) is 11.0. The number of alkyl halides is 2. The molecule has 0 aromatic carbocycles. The van der Waals surface area contributed by atoms with E-state index >= 15 is 0 Å². The van der Waals surface area contributed by atoms with E-state index in [0.29, 0.717) is 0 Å². The molecule has 0 saturated carbocycles. The van der Waals surface area contributed by atoms with E-state index in [0.717, 1.165) is 0 Å². The van der Waals surface area contributed by atoms with E-state index in [2.05, 4.69) is 20.9 Å². The number of ether oxygens (including phenoxy) is 1. The second-order valence-electron chi connectivity index (χ2n) is 3.26. The Hall–Kier alpha value is -1.55. The van der Waals surface area contributed by atoms with E-state index in [9.17, 15) is 13.6 Å². The van der Waals surface area contributed by atoms with Gasteiger partial charge in [-0.3, -0.25) is 4.79 Å². The normalized spacial score (nSPS) is 10.2. The molecule has 0 bridgehead atoms. The number of hydrogen-bond donors (Lipinski definition) is 0. The van der Waals surface area contributed by atoms with Crippen molar-refractivity contribution in [2.24, 2.45) is 0 Å². The monoisotopic (exact) mass is 318 g/mol. The van der Waals surface area contributed by atoms with Crippen LogP contribution in [0.2, 0.25) is 0 Å². The fraction of sp³-hybridized carbons (Fsp3) is 0.364. The number of nitrogens with zero attached hydrogens (tertiary/aromatic N) is 2. The summed E-state index contributed by atoms with van der Waals surface area (Å²) in [7, 11) is 0. The largest absolute Gasteiger partial charge is 0.466 e. The van der Waals surface area contributed by atoms with Crippen LogP contribution in [0.1, 0.15) is 30.3 Å². The molecule has 1 rings (SSSR count). The third kappa shape index (κ3) is 3.47. The molecule has 0 radical (unpaired) electrons. The number of carbonyl (C=O) groups excluding carboxylic acids is 1. The Morgan fingerprint density at radius 2 is 2.33 bits per heavy atom. The third-order valence-corrected chi connectivity index (χ3v) is 2.67. The van der Waals surface area contributed by atoms with Crippen molar-refractivity contribution < 1.29 is 18.3 Å². The Kier molecular flexibility index (Phi) is 5.16. The Morgan fingerprint density at radius 3 is 2.83 bits per heavy atom. The first-order chi connectivity index (χ1) is 8.49. The fourth-order valence-corrected chi connectivity index (χ4v) is 1.83. The van der Waals surface area contributed by atoms with Gasteiger partial charge in [0.1, 0.15) is 17.5 Å². The SMILES string of the molecule is CCOC(=O)Cc1cc(Br)c(C(F)F)nc1C#N. The van der Waals surface area contributed by atoms with Crippen molar-refractivity contribution in [1.82, 2.24) is 4.98 Å². The summed E-state index contributed by atoms with van der Waals surface area (Å²) in [5.74, 6) is -0.535. The minimum absolute atomic E-state index is 0.0656. The van der Waals surface area contributed by atoms with Crippen molar-refractivity contribution in [2.75, 3.05) is 6.61 Å². The molecule has 0 unspecified atom stereocenters. The average molecular weight is 319 g/mol. The Balaban J connectivity index is 3.10. The summed E-state index contributed by atoms with van der Waals surface area (Å²) < 4.78 is 29.9. The lowest BCUT2D eigenvalue weighted by molar-refractivity contribution is -0.142. The molecular weight excluding hydrogens is 310 g/mol. The summed E-state index contributed by atoms with van der Waals surface area (Å²) in [6.45, 7) is 1.86. The third-order valence-electron chi connectivity index (χ3n) is 2.03. The number of hydrogen-bond acceptors (Lipinski definition) is 4. The van der Waals surface area contributed by atoms with E-state index < -0.39 is 18.1 Å². The molecular formula is C11H9BrF2N2O2. The molecule has 1 heterocycles. The van der Waals surface area contributed by atoms with Gasteiger partial charge in [0.25, 0.3) is 6.43 Å². The number of pyridine rings is 1. The summed E-state index contributed by atoms with van der Waals surface area (Å²) in [5, 5.41) is 8.83. The van der Waals surface area contributed by atoms with Crippen molar-refractivity contribution >= 4 is 21.9 Å². The number of aromatic nitrogens is 1. The lowest BCUT2D eigenvalue weighted by atomic mass is 10.1. The van der Waals surface area contributed by atoms with Crippen LogP contribution in [0.15, 0.2) is 10.5 Å². The van der Waals surface area contributed by atoms with Crippen LogP contribution in [0.4, 0.5) is 8.78 Å². The maximum Gasteiger partial charge on any atom is 0.310 e. The number of nitriles is 1. The van der Waals surface area contributed by atoms with Crippen molar-refractivity contribution in [3.8, 4) is 6.07 Å². The minimum Gasteiger partial charge on any atom is -0.466 e. The molecule has 0 saturated heterocycles. The standard InChI is InChI=1S/C11H9BrF2N2O2/c1-2-18-9(17)4-6-3-7(12)10(11(13)14)16-8(6)5-15/h3,11H,2,4H2,1H3. The second kappa shape index (κ2) is 6.40. The highest BCUT2D eigenvalue weighted by molar-refractivity contribution is 9.10. The van der Waals surface area contributed by atoms with Crippen LogP contribution < -0.4 is 0 Å². The van der Waals surface area contributed by atoms with Gasteiger partial charge in [0.05, 0.1) is 13.0 Å². The summed E-state index contributed by atoms with van der Waals surface area (Å²) in [4.78, 5) is 14.8. The summed E-state index contributed by atoms with van der Waals surface area (Å²) in [5.41, 5.74) is -0.451. The van der Waals surface area contributed by atoms with Crippen molar-refractivity contribution in [2.45, 2.75) is 19.8 Å². The molecule has 7 heteroatoms. The maximum atomic E-state index is 12.6. The molecule has 1 aromatic rings. The van der Waals surface area contributed by atoms with Gasteiger partial charge in [-0.1, -0.05) is 0 Å². The number of esters is 1. The summed E-state index contributed by atoms with van der Waals surface area (Å²) >= 11 is 2.94. The molecule has 96 valence electrons. The lowest BCUT2D eigenvalue weighted by Crippen LogP contribution is -2.10. The Morgan fingerprint density at radius 1 is 1.67 bits per heavy atom. The first kappa shape index (κ1) is 14.5. The quantitative estimate of drug-likeness (QED) is 0.801. The number of rotatable bonds is 4. The minimum atomic E-state index is -2.79. The Labute approximate surface area is 111 Å². The molecule has 18 heavy (non-hydrogen) atoms. The van der Waals surface area contributed by atoms with Gasteiger partial charge in [-0.25, -0.2) is 13.8 Å². The first-order valence-electron chi connectivity index (χ1n) is 5.02. The molecule has 0 amide bonds. The second-order valence-corrected chi connectivity index (χ2v) is 4.11. The zero-order chi connectivity index (χ0) is 13.7. The molecule has 0 atom stereocenters. The van der Waals surface area contributed by atoms with Gasteiger partial charge in [-0.05, 0) is 28.9 Å². The van der Waals surface area contributed by atoms with Crippen LogP contribution in [-0.2, 0) is 16.0 Å². The summed E-state index contributed by atoms with van der Waals surface area (Å²) in [6.07, 6.45) is -2.96. The molecule has 0 aliphatic heterocycles. The number of carbonyl (C=O) groups is 1. The van der Waals surface area contributed by atoms with Crippen LogP contribution in [0.25, 0.3) is 0 Å². The van der Waals surface area contributed by atoms with Gasteiger partial charge in [-0.2, -0.15) is 5.26 Å². The van der Waals surface area contributed by atoms with Gasteiger partial charge in [0.15, 0.2) is 0 Å². The Bertz CT molecular complexity index is 501.